The van der Waals surface area contributed by atoms with E-state index in [1.807, 2.05) is 87.0 Å². The zero-order chi connectivity index (χ0) is 18.8. The molecule has 0 saturated heterocycles. The lowest BCUT2D eigenvalue weighted by Gasteiger charge is -2.17. The van der Waals surface area contributed by atoms with Crippen molar-refractivity contribution in [2.75, 3.05) is 24.4 Å². The largest absolute Gasteiger partial charge is 0.377 e. The first-order chi connectivity index (χ1) is 13.1. The van der Waals surface area contributed by atoms with Gasteiger partial charge in [0.15, 0.2) is 0 Å². The lowest BCUT2D eigenvalue weighted by Crippen LogP contribution is -2.21. The number of hydrogen-bond donors (Lipinski definition) is 1. The van der Waals surface area contributed by atoms with Gasteiger partial charge in [0, 0.05) is 42.5 Å². The fraction of sp³-hybridized carbons (Fsp3) is 0.0870. The number of hydrogen-bond acceptors (Lipinski definition) is 2. The van der Waals surface area contributed by atoms with Gasteiger partial charge in [-0.25, -0.2) is 0 Å². The van der Waals surface area contributed by atoms with Crippen LogP contribution in [0.25, 0.3) is 22.0 Å². The van der Waals surface area contributed by atoms with Gasteiger partial charge in [0.2, 0.25) is 0 Å². The predicted molar refractivity (Wildman–Crippen MR) is 112 cm³/mol. The second-order valence-electron chi connectivity index (χ2n) is 6.67. The fourth-order valence-corrected chi connectivity index (χ4v) is 3.26. The van der Waals surface area contributed by atoms with Gasteiger partial charge < -0.3 is 4.90 Å². The second kappa shape index (κ2) is 7.00. The number of carbonyl (C=O) groups excluding carboxylic acids is 1. The first-order valence-corrected chi connectivity index (χ1v) is 8.88. The highest BCUT2D eigenvalue weighted by atomic mass is 16.2. The van der Waals surface area contributed by atoms with Gasteiger partial charge in [0.05, 0.1) is 5.52 Å². The molecule has 0 atom stereocenters. The lowest BCUT2D eigenvalue weighted by atomic mass is 10.0. The molecule has 1 N–H and O–H groups in total. The van der Waals surface area contributed by atoms with Crippen molar-refractivity contribution in [3.05, 3.63) is 90.6 Å². The van der Waals surface area contributed by atoms with Crippen LogP contribution in [0.2, 0.25) is 0 Å². The number of para-hydroxylation sites is 2. The Kier molecular flexibility index (Phi) is 4.38. The number of nitrogens with one attached hydrogen (secondary N) is 1. The molecule has 4 rings (SSSR count). The molecule has 3 aromatic carbocycles. The SMILES string of the molecule is CN(C)c1ccccc1-c1ccc(C(=O)Nn2ccc3ccccc32)cc1. The summed E-state index contributed by atoms with van der Waals surface area (Å²) in [4.78, 5) is 14.7. The number of amides is 1. The van der Waals surface area contributed by atoms with Crippen molar-refractivity contribution in [2.24, 2.45) is 0 Å². The summed E-state index contributed by atoms with van der Waals surface area (Å²) in [5, 5.41) is 1.09. The Hall–Kier alpha value is -3.53. The number of rotatable bonds is 4. The van der Waals surface area contributed by atoms with Gasteiger partial charge in [0.1, 0.15) is 0 Å². The van der Waals surface area contributed by atoms with Gasteiger partial charge in [-0.1, -0.05) is 48.5 Å². The highest BCUT2D eigenvalue weighted by molar-refractivity contribution is 6.01. The molecular weight excluding hydrogens is 334 g/mol. The van der Waals surface area contributed by atoms with E-state index in [-0.39, 0.29) is 5.91 Å². The Morgan fingerprint density at radius 2 is 1.56 bits per heavy atom. The number of fused-ring (bicyclic) bond motifs is 1. The third kappa shape index (κ3) is 3.29. The van der Waals surface area contributed by atoms with Crippen molar-refractivity contribution in [3.63, 3.8) is 0 Å². The number of carbonyl (C=O) groups is 1. The highest BCUT2D eigenvalue weighted by Gasteiger charge is 2.10. The maximum absolute atomic E-state index is 12.6. The minimum absolute atomic E-state index is 0.135. The smallest absolute Gasteiger partial charge is 0.270 e. The van der Waals surface area contributed by atoms with Crippen LogP contribution in [0, 0.1) is 0 Å². The third-order valence-corrected chi connectivity index (χ3v) is 4.67. The van der Waals surface area contributed by atoms with Crippen LogP contribution in [0.1, 0.15) is 10.4 Å². The summed E-state index contributed by atoms with van der Waals surface area (Å²) in [6, 6.07) is 25.9. The first-order valence-electron chi connectivity index (χ1n) is 8.88. The Balaban J connectivity index is 1.58. The quantitative estimate of drug-likeness (QED) is 0.573. The summed E-state index contributed by atoms with van der Waals surface area (Å²) in [6.45, 7) is 0. The molecule has 0 aliphatic rings. The molecule has 0 bridgehead atoms. The van der Waals surface area contributed by atoms with Gasteiger partial charge in [-0.05, 0) is 35.9 Å². The fourth-order valence-electron chi connectivity index (χ4n) is 3.26. The molecular formula is C23H21N3O. The van der Waals surface area contributed by atoms with Crippen molar-refractivity contribution >= 4 is 22.5 Å². The monoisotopic (exact) mass is 355 g/mol. The molecule has 0 aliphatic heterocycles. The van der Waals surface area contributed by atoms with Crippen molar-refractivity contribution < 1.29 is 4.79 Å². The summed E-state index contributed by atoms with van der Waals surface area (Å²) in [5.41, 5.74) is 7.91. The van der Waals surface area contributed by atoms with E-state index < -0.39 is 0 Å². The molecule has 0 unspecified atom stereocenters. The lowest BCUT2D eigenvalue weighted by molar-refractivity contribution is 0.101. The number of benzene rings is 3. The van der Waals surface area contributed by atoms with Crippen LogP contribution in [0.3, 0.4) is 0 Å². The van der Waals surface area contributed by atoms with Gasteiger partial charge >= 0.3 is 0 Å². The molecule has 0 aliphatic carbocycles. The van der Waals surface area contributed by atoms with Gasteiger partial charge in [-0.15, -0.1) is 0 Å². The molecule has 4 nitrogen and oxygen atoms in total. The van der Waals surface area contributed by atoms with Crippen LogP contribution in [-0.4, -0.2) is 24.7 Å². The number of anilines is 1. The van der Waals surface area contributed by atoms with Gasteiger partial charge in [0.25, 0.3) is 5.91 Å². The Labute approximate surface area is 158 Å². The van der Waals surface area contributed by atoms with E-state index in [2.05, 4.69) is 22.5 Å². The highest BCUT2D eigenvalue weighted by Crippen LogP contribution is 2.29. The molecule has 0 spiro atoms. The van der Waals surface area contributed by atoms with E-state index in [0.29, 0.717) is 5.56 Å². The summed E-state index contributed by atoms with van der Waals surface area (Å²) >= 11 is 0. The molecule has 0 saturated carbocycles. The standard InChI is InChI=1S/C23H21N3O/c1-25(2)22-10-6-4-8-20(22)17-11-13-19(14-12-17)23(27)24-26-16-15-18-7-3-5-9-21(18)26/h3-16H,1-2H3,(H,24,27). The van der Waals surface area contributed by atoms with E-state index in [9.17, 15) is 4.79 Å². The van der Waals surface area contributed by atoms with Crippen LogP contribution >= 0.6 is 0 Å². The topological polar surface area (TPSA) is 37.3 Å². The molecule has 4 aromatic rings. The van der Waals surface area contributed by atoms with Crippen LogP contribution in [0.4, 0.5) is 5.69 Å². The zero-order valence-electron chi connectivity index (χ0n) is 15.4. The molecule has 134 valence electrons. The maximum Gasteiger partial charge on any atom is 0.270 e. The summed E-state index contributed by atoms with van der Waals surface area (Å²) in [6.07, 6.45) is 1.87. The Morgan fingerprint density at radius 3 is 2.33 bits per heavy atom. The van der Waals surface area contributed by atoms with Crippen molar-refractivity contribution in [3.8, 4) is 11.1 Å². The van der Waals surface area contributed by atoms with Crippen molar-refractivity contribution in [2.45, 2.75) is 0 Å². The van der Waals surface area contributed by atoms with E-state index in [1.165, 1.54) is 0 Å². The summed E-state index contributed by atoms with van der Waals surface area (Å²) in [7, 11) is 4.06. The average Bonchev–Trinajstić information content (AvgIpc) is 3.11. The Morgan fingerprint density at radius 1 is 0.852 bits per heavy atom. The van der Waals surface area contributed by atoms with E-state index >= 15 is 0 Å². The summed E-state index contributed by atoms with van der Waals surface area (Å²) in [5.74, 6) is -0.135. The predicted octanol–water partition coefficient (Wildman–Crippen LogP) is 4.76. The average molecular weight is 355 g/mol. The third-order valence-electron chi connectivity index (χ3n) is 4.67. The molecule has 4 heteroatoms. The minimum Gasteiger partial charge on any atom is -0.377 e. The van der Waals surface area contributed by atoms with Gasteiger partial charge in [-0.3, -0.25) is 14.9 Å². The van der Waals surface area contributed by atoms with Crippen LogP contribution in [0.5, 0.6) is 0 Å². The van der Waals surface area contributed by atoms with Crippen molar-refractivity contribution in [1.29, 1.82) is 0 Å². The van der Waals surface area contributed by atoms with Crippen molar-refractivity contribution in [1.82, 2.24) is 4.68 Å². The minimum atomic E-state index is -0.135. The molecule has 1 heterocycles. The van der Waals surface area contributed by atoms with Crippen LogP contribution in [0.15, 0.2) is 85.1 Å². The molecule has 27 heavy (non-hydrogen) atoms. The Bertz CT molecular complexity index is 1090. The van der Waals surface area contributed by atoms with Crippen LogP contribution in [-0.2, 0) is 0 Å². The molecule has 1 aromatic heterocycles. The molecule has 1 amide bonds. The zero-order valence-corrected chi connectivity index (χ0v) is 15.4. The first kappa shape index (κ1) is 16.9. The van der Waals surface area contributed by atoms with E-state index in [4.69, 9.17) is 0 Å². The second-order valence-corrected chi connectivity index (χ2v) is 6.67. The molecule has 0 fully saturated rings. The van der Waals surface area contributed by atoms with Crippen LogP contribution < -0.4 is 10.3 Å². The van der Waals surface area contributed by atoms with Gasteiger partial charge in [-0.2, -0.15) is 0 Å². The van der Waals surface area contributed by atoms with E-state index in [0.717, 1.165) is 27.7 Å². The maximum atomic E-state index is 12.6. The number of aromatic nitrogens is 1. The molecule has 0 radical (unpaired) electrons. The normalized spacial score (nSPS) is 10.7. The summed E-state index contributed by atoms with van der Waals surface area (Å²) < 4.78 is 1.76. The van der Waals surface area contributed by atoms with E-state index in [1.54, 1.807) is 4.68 Å². The number of nitrogens with zero attached hydrogens (tertiary/aromatic N) is 2.